The molecule has 0 saturated carbocycles. The van der Waals surface area contributed by atoms with Crippen molar-refractivity contribution in [3.63, 3.8) is 0 Å². The number of rotatable bonds is 3. The largest absolute Gasteiger partial charge is 0.377 e. The minimum Gasteiger partial charge on any atom is -0.377 e. The number of hydrogen-bond acceptors (Lipinski definition) is 7. The van der Waals surface area contributed by atoms with Gasteiger partial charge in [0, 0.05) is 20.0 Å². The second-order valence-electron chi connectivity index (χ2n) is 4.08. The van der Waals surface area contributed by atoms with Crippen LogP contribution in [-0.2, 0) is 4.84 Å². The zero-order valence-corrected chi connectivity index (χ0v) is 9.94. The SMILES string of the molecule is CN1CC[C@H](n2cnc3c(NCO)ncnc32)O1. The molecule has 18 heavy (non-hydrogen) atoms. The van der Waals surface area contributed by atoms with Crippen molar-refractivity contribution in [1.82, 2.24) is 24.6 Å². The first-order chi connectivity index (χ1) is 8.79. The number of hydrogen-bond donors (Lipinski definition) is 2. The van der Waals surface area contributed by atoms with Gasteiger partial charge in [-0.1, -0.05) is 0 Å². The first kappa shape index (κ1) is 11.3. The summed E-state index contributed by atoms with van der Waals surface area (Å²) in [6.45, 7) is 0.679. The maximum atomic E-state index is 8.89. The molecule has 0 bridgehead atoms. The second-order valence-corrected chi connectivity index (χ2v) is 4.08. The number of aliphatic hydroxyl groups is 1. The van der Waals surface area contributed by atoms with Gasteiger partial charge in [0.05, 0.1) is 6.33 Å². The van der Waals surface area contributed by atoms with Crippen LogP contribution in [-0.4, -0.2) is 50.0 Å². The van der Waals surface area contributed by atoms with Crippen molar-refractivity contribution in [3.8, 4) is 0 Å². The Bertz CT molecular complexity index is 556. The van der Waals surface area contributed by atoms with Gasteiger partial charge in [-0.2, -0.15) is 5.06 Å². The van der Waals surface area contributed by atoms with E-state index in [2.05, 4.69) is 20.3 Å². The molecule has 1 aliphatic heterocycles. The van der Waals surface area contributed by atoms with E-state index in [1.165, 1.54) is 6.33 Å². The Labute approximate surface area is 103 Å². The summed E-state index contributed by atoms with van der Waals surface area (Å²) in [4.78, 5) is 18.2. The van der Waals surface area contributed by atoms with Crippen molar-refractivity contribution in [2.75, 3.05) is 25.6 Å². The van der Waals surface area contributed by atoms with E-state index in [1.54, 1.807) is 11.4 Å². The Kier molecular flexibility index (Phi) is 2.82. The molecule has 2 aromatic heterocycles. The van der Waals surface area contributed by atoms with E-state index in [0.29, 0.717) is 17.0 Å². The van der Waals surface area contributed by atoms with Crippen LogP contribution in [0.25, 0.3) is 11.2 Å². The number of imidazole rings is 1. The molecule has 8 heteroatoms. The van der Waals surface area contributed by atoms with E-state index < -0.39 is 0 Å². The molecule has 0 aliphatic carbocycles. The molecule has 3 rings (SSSR count). The highest BCUT2D eigenvalue weighted by molar-refractivity contribution is 5.82. The highest BCUT2D eigenvalue weighted by Crippen LogP contribution is 2.26. The van der Waals surface area contributed by atoms with Gasteiger partial charge in [-0.15, -0.1) is 0 Å². The monoisotopic (exact) mass is 250 g/mol. The van der Waals surface area contributed by atoms with Crippen LogP contribution in [0.2, 0.25) is 0 Å². The van der Waals surface area contributed by atoms with E-state index in [0.717, 1.165) is 13.0 Å². The molecule has 0 radical (unpaired) electrons. The van der Waals surface area contributed by atoms with Crippen LogP contribution < -0.4 is 5.32 Å². The Morgan fingerprint density at radius 3 is 3.11 bits per heavy atom. The lowest BCUT2D eigenvalue weighted by Crippen LogP contribution is -2.13. The standard InChI is InChI=1S/C10H14N6O2/c1-15-3-2-7(18-15)16-5-13-8-9(14-6-17)11-4-12-10(8)16/h4-5,7,17H,2-3,6H2,1H3,(H,11,12,14)/t7-/m1/s1. The normalized spacial score (nSPS) is 20.7. The number of nitrogens with one attached hydrogen (secondary N) is 1. The van der Waals surface area contributed by atoms with Gasteiger partial charge < -0.3 is 10.4 Å². The molecule has 0 amide bonds. The third-order valence-electron chi connectivity index (χ3n) is 2.91. The molecule has 0 aromatic carbocycles. The van der Waals surface area contributed by atoms with Crippen molar-refractivity contribution in [2.24, 2.45) is 0 Å². The molecular formula is C10H14N6O2. The van der Waals surface area contributed by atoms with Gasteiger partial charge in [-0.25, -0.2) is 15.0 Å². The van der Waals surface area contributed by atoms with Crippen LogP contribution in [0.5, 0.6) is 0 Å². The van der Waals surface area contributed by atoms with Crippen LogP contribution in [0.3, 0.4) is 0 Å². The van der Waals surface area contributed by atoms with E-state index >= 15 is 0 Å². The topological polar surface area (TPSA) is 88.3 Å². The smallest absolute Gasteiger partial charge is 0.167 e. The maximum Gasteiger partial charge on any atom is 0.167 e. The Hall–Kier alpha value is -1.77. The molecular weight excluding hydrogens is 236 g/mol. The van der Waals surface area contributed by atoms with Crippen molar-refractivity contribution < 1.29 is 9.94 Å². The first-order valence-electron chi connectivity index (χ1n) is 5.70. The highest BCUT2D eigenvalue weighted by atomic mass is 16.7. The summed E-state index contributed by atoms with van der Waals surface area (Å²) in [5.74, 6) is 0.521. The number of aliphatic hydroxyl groups excluding tert-OH is 1. The zero-order chi connectivity index (χ0) is 12.5. The molecule has 8 nitrogen and oxygen atoms in total. The summed E-state index contributed by atoms with van der Waals surface area (Å²) < 4.78 is 1.88. The average molecular weight is 250 g/mol. The second kappa shape index (κ2) is 4.48. The fraction of sp³-hybridized carbons (Fsp3) is 0.500. The van der Waals surface area contributed by atoms with Crippen LogP contribution in [0.1, 0.15) is 12.6 Å². The average Bonchev–Trinajstić information content (AvgIpc) is 2.96. The van der Waals surface area contributed by atoms with Gasteiger partial charge >= 0.3 is 0 Å². The van der Waals surface area contributed by atoms with Gasteiger partial charge in [0.15, 0.2) is 23.2 Å². The van der Waals surface area contributed by atoms with Gasteiger partial charge in [-0.3, -0.25) is 9.40 Å². The molecule has 96 valence electrons. The fourth-order valence-corrected chi connectivity index (χ4v) is 2.06. The van der Waals surface area contributed by atoms with E-state index in [9.17, 15) is 0 Å². The Morgan fingerprint density at radius 2 is 2.39 bits per heavy atom. The molecule has 3 heterocycles. The third kappa shape index (κ3) is 1.80. The molecule has 2 N–H and O–H groups in total. The van der Waals surface area contributed by atoms with Crippen molar-refractivity contribution >= 4 is 17.0 Å². The Balaban J connectivity index is 2.01. The predicted molar refractivity (Wildman–Crippen MR) is 63.4 cm³/mol. The van der Waals surface area contributed by atoms with Crippen LogP contribution >= 0.6 is 0 Å². The third-order valence-corrected chi connectivity index (χ3v) is 2.91. The number of anilines is 1. The summed E-state index contributed by atoms with van der Waals surface area (Å²) in [7, 11) is 1.90. The summed E-state index contributed by atoms with van der Waals surface area (Å²) >= 11 is 0. The summed E-state index contributed by atoms with van der Waals surface area (Å²) in [6.07, 6.45) is 3.93. The number of hydroxylamine groups is 2. The summed E-state index contributed by atoms with van der Waals surface area (Å²) in [5.41, 5.74) is 1.32. The fourth-order valence-electron chi connectivity index (χ4n) is 2.06. The minimum atomic E-state index is -0.193. The highest BCUT2D eigenvalue weighted by Gasteiger charge is 2.24. The molecule has 0 spiro atoms. The summed E-state index contributed by atoms with van der Waals surface area (Å²) in [6, 6.07) is 0. The van der Waals surface area contributed by atoms with Crippen molar-refractivity contribution in [1.29, 1.82) is 0 Å². The van der Waals surface area contributed by atoms with E-state index in [4.69, 9.17) is 9.94 Å². The summed E-state index contributed by atoms with van der Waals surface area (Å²) in [5, 5.41) is 13.4. The number of fused-ring (bicyclic) bond motifs is 1. The molecule has 1 atom stereocenters. The molecule has 0 unspecified atom stereocenters. The van der Waals surface area contributed by atoms with Gasteiger partial charge in [0.1, 0.15) is 13.1 Å². The zero-order valence-electron chi connectivity index (χ0n) is 9.94. The maximum absolute atomic E-state index is 8.89. The minimum absolute atomic E-state index is 0.0862. The van der Waals surface area contributed by atoms with Gasteiger partial charge in [0.2, 0.25) is 0 Å². The molecule has 2 aromatic rings. The molecule has 1 fully saturated rings. The quantitative estimate of drug-likeness (QED) is 0.738. The first-order valence-corrected chi connectivity index (χ1v) is 5.70. The lowest BCUT2D eigenvalue weighted by molar-refractivity contribution is -0.150. The van der Waals surface area contributed by atoms with Crippen molar-refractivity contribution in [2.45, 2.75) is 12.6 Å². The predicted octanol–water partition coefficient (Wildman–Crippen LogP) is -0.0463. The molecule has 1 aliphatic rings. The van der Waals surface area contributed by atoms with Gasteiger partial charge in [0.25, 0.3) is 0 Å². The lowest BCUT2D eigenvalue weighted by Gasteiger charge is -2.13. The van der Waals surface area contributed by atoms with Crippen molar-refractivity contribution in [3.05, 3.63) is 12.7 Å². The molecule has 1 saturated heterocycles. The number of aromatic nitrogens is 4. The number of nitrogens with zero attached hydrogens (tertiary/aromatic N) is 5. The Morgan fingerprint density at radius 1 is 1.50 bits per heavy atom. The lowest BCUT2D eigenvalue weighted by atomic mass is 10.4. The van der Waals surface area contributed by atoms with Crippen LogP contribution in [0.15, 0.2) is 12.7 Å². The van der Waals surface area contributed by atoms with Crippen LogP contribution in [0.4, 0.5) is 5.82 Å². The van der Waals surface area contributed by atoms with E-state index in [-0.39, 0.29) is 13.0 Å². The van der Waals surface area contributed by atoms with E-state index in [1.807, 2.05) is 11.6 Å². The van der Waals surface area contributed by atoms with Crippen LogP contribution in [0, 0.1) is 0 Å². The van der Waals surface area contributed by atoms with Gasteiger partial charge in [-0.05, 0) is 0 Å².